The monoisotopic (exact) mass is 176 g/mol. The third kappa shape index (κ3) is 0.762. The normalized spacial score (nSPS) is 52.7. The summed E-state index contributed by atoms with van der Waals surface area (Å²) in [5.74, 6) is 2.54. The Morgan fingerprint density at radius 1 is 1.46 bits per heavy atom. The number of fused-ring (bicyclic) bond motifs is 5. The van der Waals surface area contributed by atoms with E-state index in [2.05, 4.69) is 19.1 Å². The van der Waals surface area contributed by atoms with Crippen LogP contribution in [0, 0.1) is 23.2 Å². The smallest absolute Gasteiger partial charge is 0.139 e. The van der Waals surface area contributed by atoms with E-state index in [1.165, 1.54) is 12.8 Å². The minimum atomic E-state index is 0.0394. The van der Waals surface area contributed by atoms with Crippen LogP contribution in [0.1, 0.15) is 32.6 Å². The second-order valence-electron chi connectivity index (χ2n) is 5.10. The molecule has 0 aromatic carbocycles. The quantitative estimate of drug-likeness (QED) is 0.518. The molecule has 0 radical (unpaired) electrons. The molecule has 0 unspecified atom stereocenters. The highest BCUT2D eigenvalue weighted by molar-refractivity contribution is 5.87. The van der Waals surface area contributed by atoms with Crippen LogP contribution in [0.25, 0.3) is 0 Å². The summed E-state index contributed by atoms with van der Waals surface area (Å²) in [7, 11) is 0. The lowest BCUT2D eigenvalue weighted by atomic mass is 9.62. The highest BCUT2D eigenvalue weighted by Crippen LogP contribution is 2.60. The maximum Gasteiger partial charge on any atom is 0.139 e. The van der Waals surface area contributed by atoms with Crippen LogP contribution in [0.3, 0.4) is 0 Å². The van der Waals surface area contributed by atoms with Crippen molar-refractivity contribution >= 4 is 5.78 Å². The molecule has 3 rings (SSSR count). The zero-order valence-corrected chi connectivity index (χ0v) is 8.12. The van der Waals surface area contributed by atoms with E-state index in [4.69, 9.17) is 0 Å². The van der Waals surface area contributed by atoms with Gasteiger partial charge in [0, 0.05) is 11.8 Å². The summed E-state index contributed by atoms with van der Waals surface area (Å²) in [5, 5.41) is 0. The summed E-state index contributed by atoms with van der Waals surface area (Å²) < 4.78 is 0. The number of allylic oxidation sites excluding steroid dienone is 2. The Morgan fingerprint density at radius 3 is 3.08 bits per heavy atom. The first-order valence-electron chi connectivity index (χ1n) is 5.44. The predicted octanol–water partition coefficient (Wildman–Crippen LogP) is 2.57. The molecule has 0 aliphatic heterocycles. The van der Waals surface area contributed by atoms with Gasteiger partial charge in [-0.15, -0.1) is 0 Å². The van der Waals surface area contributed by atoms with Gasteiger partial charge in [-0.25, -0.2) is 0 Å². The molecule has 2 bridgehead atoms. The number of carbonyl (C=O) groups excluding carboxylic acids is 1. The summed E-state index contributed by atoms with van der Waals surface area (Å²) in [6.45, 7) is 2.22. The van der Waals surface area contributed by atoms with E-state index in [0.29, 0.717) is 17.6 Å². The molecule has 3 aliphatic carbocycles. The third-order valence-corrected chi connectivity index (χ3v) is 4.69. The van der Waals surface area contributed by atoms with Gasteiger partial charge in [-0.05, 0) is 37.0 Å². The molecular weight excluding hydrogens is 160 g/mol. The van der Waals surface area contributed by atoms with Crippen molar-refractivity contribution in [2.45, 2.75) is 32.6 Å². The van der Waals surface area contributed by atoms with E-state index >= 15 is 0 Å². The molecule has 0 amide bonds. The maximum absolute atomic E-state index is 12.0. The first-order valence-corrected chi connectivity index (χ1v) is 5.44. The maximum atomic E-state index is 12.0. The average molecular weight is 176 g/mol. The van der Waals surface area contributed by atoms with Gasteiger partial charge in [0.1, 0.15) is 5.78 Å². The summed E-state index contributed by atoms with van der Waals surface area (Å²) in [5.41, 5.74) is 0.0394. The van der Waals surface area contributed by atoms with Crippen molar-refractivity contribution in [3.8, 4) is 0 Å². The van der Waals surface area contributed by atoms with E-state index < -0.39 is 0 Å². The Morgan fingerprint density at radius 2 is 2.31 bits per heavy atom. The van der Waals surface area contributed by atoms with Gasteiger partial charge in [0.25, 0.3) is 0 Å². The topological polar surface area (TPSA) is 17.1 Å². The highest BCUT2D eigenvalue weighted by atomic mass is 16.1. The van der Waals surface area contributed by atoms with Crippen LogP contribution in [-0.4, -0.2) is 5.78 Å². The first-order chi connectivity index (χ1) is 6.23. The fourth-order valence-electron chi connectivity index (χ4n) is 3.87. The molecule has 13 heavy (non-hydrogen) atoms. The molecule has 0 aromatic heterocycles. The second-order valence-corrected chi connectivity index (χ2v) is 5.10. The predicted molar refractivity (Wildman–Crippen MR) is 51.2 cm³/mol. The van der Waals surface area contributed by atoms with Crippen molar-refractivity contribution in [1.29, 1.82) is 0 Å². The van der Waals surface area contributed by atoms with Gasteiger partial charge in [0.15, 0.2) is 0 Å². The molecule has 2 fully saturated rings. The molecule has 1 heteroatoms. The molecule has 0 heterocycles. The minimum Gasteiger partial charge on any atom is -0.299 e. The lowest BCUT2D eigenvalue weighted by Crippen LogP contribution is -2.42. The number of rotatable bonds is 0. The standard InChI is InChI=1S/C12H16O/c1-12-9-6-5-8(7-9)10(12)3-2-4-11(12)13/h5-6,8-10H,2-4,7H2,1H3/t8-,9+,10+,12-/m1/s1. The van der Waals surface area contributed by atoms with E-state index in [-0.39, 0.29) is 5.41 Å². The molecular formula is C12H16O. The van der Waals surface area contributed by atoms with Crippen molar-refractivity contribution < 1.29 is 4.79 Å². The van der Waals surface area contributed by atoms with Gasteiger partial charge < -0.3 is 0 Å². The Kier molecular flexibility index (Phi) is 1.35. The molecule has 2 saturated carbocycles. The van der Waals surface area contributed by atoms with Crippen LogP contribution in [0.2, 0.25) is 0 Å². The van der Waals surface area contributed by atoms with Crippen molar-refractivity contribution in [1.82, 2.24) is 0 Å². The van der Waals surface area contributed by atoms with E-state index in [1.54, 1.807) is 0 Å². The average Bonchev–Trinajstić information content (AvgIpc) is 2.66. The number of ketones is 1. The molecule has 3 aliphatic rings. The molecule has 1 nitrogen and oxygen atoms in total. The van der Waals surface area contributed by atoms with Crippen LogP contribution >= 0.6 is 0 Å². The number of hydrogen-bond donors (Lipinski definition) is 0. The fourth-order valence-corrected chi connectivity index (χ4v) is 3.87. The van der Waals surface area contributed by atoms with Crippen LogP contribution in [-0.2, 0) is 4.79 Å². The van der Waals surface area contributed by atoms with Crippen molar-refractivity contribution in [2.75, 3.05) is 0 Å². The van der Waals surface area contributed by atoms with Crippen LogP contribution in [0.5, 0.6) is 0 Å². The van der Waals surface area contributed by atoms with Gasteiger partial charge >= 0.3 is 0 Å². The van der Waals surface area contributed by atoms with Crippen molar-refractivity contribution in [2.24, 2.45) is 23.2 Å². The van der Waals surface area contributed by atoms with Gasteiger partial charge in [-0.2, -0.15) is 0 Å². The Hall–Kier alpha value is -0.590. The van der Waals surface area contributed by atoms with E-state index in [0.717, 1.165) is 18.8 Å². The zero-order chi connectivity index (χ0) is 9.05. The van der Waals surface area contributed by atoms with Crippen LogP contribution < -0.4 is 0 Å². The lowest BCUT2D eigenvalue weighted by Gasteiger charge is -2.41. The van der Waals surface area contributed by atoms with Gasteiger partial charge in [-0.1, -0.05) is 19.1 Å². The Bertz CT molecular complexity index is 291. The molecule has 0 saturated heterocycles. The van der Waals surface area contributed by atoms with Crippen molar-refractivity contribution in [3.05, 3.63) is 12.2 Å². The molecule has 70 valence electrons. The second kappa shape index (κ2) is 2.26. The highest BCUT2D eigenvalue weighted by Gasteiger charge is 2.57. The zero-order valence-electron chi connectivity index (χ0n) is 8.12. The van der Waals surface area contributed by atoms with Crippen molar-refractivity contribution in [3.63, 3.8) is 0 Å². The molecule has 0 spiro atoms. The SMILES string of the molecule is C[C@]12C(=O)CCC[C@H]1[C@@H]1C=C[C@H]2C1. The van der Waals surface area contributed by atoms with Gasteiger partial charge in [0.05, 0.1) is 0 Å². The lowest BCUT2D eigenvalue weighted by molar-refractivity contribution is -0.134. The molecule has 0 N–H and O–H groups in total. The van der Waals surface area contributed by atoms with Crippen LogP contribution in [0.15, 0.2) is 12.2 Å². The Balaban J connectivity index is 2.07. The number of carbonyl (C=O) groups is 1. The van der Waals surface area contributed by atoms with Gasteiger partial charge in [0.2, 0.25) is 0 Å². The molecule has 0 aromatic rings. The largest absolute Gasteiger partial charge is 0.299 e. The summed E-state index contributed by atoms with van der Waals surface area (Å²) >= 11 is 0. The molecule has 4 atom stereocenters. The summed E-state index contributed by atoms with van der Waals surface area (Å²) in [6, 6.07) is 0. The summed E-state index contributed by atoms with van der Waals surface area (Å²) in [4.78, 5) is 12.0. The Labute approximate surface area is 79.2 Å². The third-order valence-electron chi connectivity index (χ3n) is 4.69. The van der Waals surface area contributed by atoms with Crippen LogP contribution in [0.4, 0.5) is 0 Å². The fraction of sp³-hybridized carbons (Fsp3) is 0.750. The minimum absolute atomic E-state index is 0.0394. The number of hydrogen-bond acceptors (Lipinski definition) is 1. The summed E-state index contributed by atoms with van der Waals surface area (Å²) in [6.07, 6.45) is 9.17. The van der Waals surface area contributed by atoms with E-state index in [1.807, 2.05) is 0 Å². The van der Waals surface area contributed by atoms with E-state index in [9.17, 15) is 4.79 Å². The van der Waals surface area contributed by atoms with Gasteiger partial charge in [-0.3, -0.25) is 4.79 Å². The first kappa shape index (κ1) is 7.78. The number of Topliss-reactive ketones (excluding diaryl/α,β-unsaturated/α-hetero) is 1.